The van der Waals surface area contributed by atoms with Crippen molar-refractivity contribution in [2.45, 2.75) is 58.9 Å². The van der Waals surface area contributed by atoms with Crippen molar-refractivity contribution in [3.8, 4) is 0 Å². The summed E-state index contributed by atoms with van der Waals surface area (Å²) in [4.78, 5) is 20.1. The quantitative estimate of drug-likeness (QED) is 0.646. The fourth-order valence-electron chi connectivity index (χ4n) is 4.13. The molecule has 3 heterocycles. The summed E-state index contributed by atoms with van der Waals surface area (Å²) in [6.07, 6.45) is 0.975. The standard InChI is InChI=1S/C23H27N3O2/c1-13(2)20-11-19(21-16(5)25-28-22(21)24-20)23(27)26-12-18(10-15(26)4)17-8-6-14(3)7-9-17/h6-9,11,13,15,18H,10,12H2,1-5H3/t15-,18-/m1/s1. The molecule has 0 aliphatic carbocycles. The van der Waals surface area contributed by atoms with Gasteiger partial charge in [-0.05, 0) is 44.7 Å². The number of likely N-dealkylation sites (tertiary alicyclic amines) is 1. The van der Waals surface area contributed by atoms with Gasteiger partial charge in [0, 0.05) is 24.2 Å². The average Bonchev–Trinajstić information content (AvgIpc) is 3.24. The van der Waals surface area contributed by atoms with Crippen molar-refractivity contribution in [3.05, 3.63) is 58.4 Å². The predicted molar refractivity (Wildman–Crippen MR) is 110 cm³/mol. The maximum absolute atomic E-state index is 13.6. The molecule has 0 bridgehead atoms. The van der Waals surface area contributed by atoms with Crippen LogP contribution in [0.5, 0.6) is 0 Å². The summed E-state index contributed by atoms with van der Waals surface area (Å²) in [6, 6.07) is 10.8. The Hall–Kier alpha value is -2.69. The molecule has 1 aromatic carbocycles. The topological polar surface area (TPSA) is 59.2 Å². The molecule has 0 unspecified atom stereocenters. The number of pyridine rings is 1. The summed E-state index contributed by atoms with van der Waals surface area (Å²) in [7, 11) is 0. The van der Waals surface area contributed by atoms with Crippen LogP contribution in [0.1, 0.15) is 71.9 Å². The van der Waals surface area contributed by atoms with Crippen LogP contribution in [-0.2, 0) is 0 Å². The van der Waals surface area contributed by atoms with Crippen LogP contribution in [-0.4, -0.2) is 33.5 Å². The van der Waals surface area contributed by atoms with Gasteiger partial charge in [0.1, 0.15) is 0 Å². The zero-order valence-electron chi connectivity index (χ0n) is 17.2. The minimum absolute atomic E-state index is 0.0442. The van der Waals surface area contributed by atoms with E-state index in [1.54, 1.807) is 0 Å². The van der Waals surface area contributed by atoms with Crippen LogP contribution in [0.4, 0.5) is 0 Å². The van der Waals surface area contributed by atoms with Gasteiger partial charge in [0.25, 0.3) is 11.6 Å². The molecule has 146 valence electrons. The van der Waals surface area contributed by atoms with Gasteiger partial charge in [-0.15, -0.1) is 0 Å². The molecule has 2 aromatic heterocycles. The molecule has 1 amide bonds. The van der Waals surface area contributed by atoms with Gasteiger partial charge in [0.2, 0.25) is 0 Å². The summed E-state index contributed by atoms with van der Waals surface area (Å²) < 4.78 is 5.39. The summed E-state index contributed by atoms with van der Waals surface area (Å²) in [5.41, 5.74) is 5.23. The van der Waals surface area contributed by atoms with Crippen LogP contribution in [0.2, 0.25) is 0 Å². The Balaban J connectivity index is 1.69. The lowest BCUT2D eigenvalue weighted by atomic mass is 9.96. The van der Waals surface area contributed by atoms with Crippen molar-refractivity contribution in [3.63, 3.8) is 0 Å². The van der Waals surface area contributed by atoms with Crippen molar-refractivity contribution in [2.75, 3.05) is 6.54 Å². The number of amides is 1. The molecule has 0 spiro atoms. The van der Waals surface area contributed by atoms with Crippen molar-refractivity contribution in [2.24, 2.45) is 0 Å². The maximum atomic E-state index is 13.6. The number of aromatic nitrogens is 2. The van der Waals surface area contributed by atoms with E-state index in [4.69, 9.17) is 4.52 Å². The number of carbonyl (C=O) groups excluding carboxylic acids is 1. The first-order valence-electron chi connectivity index (χ1n) is 9.99. The Morgan fingerprint density at radius 1 is 1.21 bits per heavy atom. The zero-order valence-corrected chi connectivity index (χ0v) is 17.2. The first-order chi connectivity index (χ1) is 13.3. The van der Waals surface area contributed by atoms with Crippen molar-refractivity contribution < 1.29 is 9.32 Å². The second-order valence-electron chi connectivity index (χ2n) is 8.35. The lowest BCUT2D eigenvalue weighted by Crippen LogP contribution is -2.34. The van der Waals surface area contributed by atoms with Crippen LogP contribution in [0.15, 0.2) is 34.9 Å². The molecule has 3 aromatic rings. The number of rotatable bonds is 3. The molecule has 1 fully saturated rings. The molecular weight excluding hydrogens is 350 g/mol. The lowest BCUT2D eigenvalue weighted by Gasteiger charge is -2.22. The van der Waals surface area contributed by atoms with Gasteiger partial charge >= 0.3 is 0 Å². The third kappa shape index (κ3) is 3.19. The first kappa shape index (κ1) is 18.7. The van der Waals surface area contributed by atoms with E-state index in [0.29, 0.717) is 22.9 Å². The highest BCUT2D eigenvalue weighted by Crippen LogP contribution is 2.34. The van der Waals surface area contributed by atoms with Gasteiger partial charge in [-0.1, -0.05) is 48.8 Å². The molecule has 28 heavy (non-hydrogen) atoms. The summed E-state index contributed by atoms with van der Waals surface area (Å²) in [6.45, 7) is 11.0. The molecule has 4 rings (SSSR count). The highest BCUT2D eigenvalue weighted by atomic mass is 16.5. The zero-order chi connectivity index (χ0) is 20.0. The molecule has 0 radical (unpaired) electrons. The summed E-state index contributed by atoms with van der Waals surface area (Å²) in [5.74, 6) is 0.616. The van der Waals surface area contributed by atoms with E-state index in [0.717, 1.165) is 24.0 Å². The first-order valence-corrected chi connectivity index (χ1v) is 9.99. The van der Waals surface area contributed by atoms with Gasteiger partial charge in [0.15, 0.2) is 0 Å². The van der Waals surface area contributed by atoms with Crippen LogP contribution in [0.3, 0.4) is 0 Å². The Labute approximate surface area is 165 Å². The van der Waals surface area contributed by atoms with E-state index in [9.17, 15) is 4.79 Å². The van der Waals surface area contributed by atoms with E-state index < -0.39 is 0 Å². The van der Waals surface area contributed by atoms with Crippen LogP contribution >= 0.6 is 0 Å². The largest absolute Gasteiger partial charge is 0.336 e. The molecule has 1 aliphatic heterocycles. The van der Waals surface area contributed by atoms with Gasteiger partial charge < -0.3 is 9.42 Å². The van der Waals surface area contributed by atoms with Gasteiger partial charge in [0.05, 0.1) is 16.6 Å². The van der Waals surface area contributed by atoms with E-state index in [-0.39, 0.29) is 17.9 Å². The van der Waals surface area contributed by atoms with E-state index in [2.05, 4.69) is 62.1 Å². The highest BCUT2D eigenvalue weighted by Gasteiger charge is 2.35. The number of hydrogen-bond donors (Lipinski definition) is 0. The van der Waals surface area contributed by atoms with Crippen molar-refractivity contribution >= 4 is 17.0 Å². The minimum Gasteiger partial charge on any atom is -0.336 e. The number of carbonyl (C=O) groups is 1. The van der Waals surface area contributed by atoms with E-state index >= 15 is 0 Å². The summed E-state index contributed by atoms with van der Waals surface area (Å²) >= 11 is 0. The highest BCUT2D eigenvalue weighted by molar-refractivity contribution is 6.06. The summed E-state index contributed by atoms with van der Waals surface area (Å²) in [5, 5.41) is 4.78. The number of nitrogens with zero attached hydrogens (tertiary/aromatic N) is 3. The number of aryl methyl sites for hydroxylation is 2. The Morgan fingerprint density at radius 3 is 2.61 bits per heavy atom. The SMILES string of the molecule is Cc1ccc([C@@H]2C[C@@H](C)N(C(=O)c3cc(C(C)C)nc4onc(C)c34)C2)cc1. The molecule has 0 saturated carbocycles. The molecule has 1 saturated heterocycles. The van der Waals surface area contributed by atoms with Crippen LogP contribution < -0.4 is 0 Å². The Bertz CT molecular complexity index is 1020. The lowest BCUT2D eigenvalue weighted by molar-refractivity contribution is 0.0747. The second-order valence-corrected chi connectivity index (χ2v) is 8.35. The minimum atomic E-state index is 0.0442. The number of hydrogen-bond acceptors (Lipinski definition) is 4. The predicted octanol–water partition coefficient (Wildman–Crippen LogP) is 4.98. The molecule has 5 heteroatoms. The smallest absolute Gasteiger partial charge is 0.259 e. The van der Waals surface area contributed by atoms with Gasteiger partial charge in [-0.3, -0.25) is 4.79 Å². The van der Waals surface area contributed by atoms with Crippen LogP contribution in [0.25, 0.3) is 11.1 Å². The third-order valence-electron chi connectivity index (χ3n) is 5.84. The normalized spacial score (nSPS) is 19.7. The molecule has 2 atom stereocenters. The molecule has 0 N–H and O–H groups in total. The average molecular weight is 377 g/mol. The van der Waals surface area contributed by atoms with Crippen LogP contribution in [0, 0.1) is 13.8 Å². The van der Waals surface area contributed by atoms with E-state index in [1.165, 1.54) is 11.1 Å². The molecule has 5 nitrogen and oxygen atoms in total. The third-order valence-corrected chi connectivity index (χ3v) is 5.84. The fourth-order valence-corrected chi connectivity index (χ4v) is 4.13. The number of benzene rings is 1. The Morgan fingerprint density at radius 2 is 1.93 bits per heavy atom. The van der Waals surface area contributed by atoms with E-state index in [1.807, 2.05) is 17.9 Å². The molecule has 1 aliphatic rings. The van der Waals surface area contributed by atoms with Crippen molar-refractivity contribution in [1.82, 2.24) is 15.0 Å². The molecular formula is C23H27N3O2. The fraction of sp³-hybridized carbons (Fsp3) is 0.435. The second kappa shape index (κ2) is 7.04. The van der Waals surface area contributed by atoms with Gasteiger partial charge in [-0.25, -0.2) is 4.98 Å². The maximum Gasteiger partial charge on any atom is 0.259 e. The monoisotopic (exact) mass is 377 g/mol. The Kier molecular flexibility index (Phi) is 4.69. The number of fused-ring (bicyclic) bond motifs is 1. The van der Waals surface area contributed by atoms with Gasteiger partial charge in [-0.2, -0.15) is 0 Å². The van der Waals surface area contributed by atoms with Crippen molar-refractivity contribution in [1.29, 1.82) is 0 Å².